The minimum atomic E-state index is -0.619. The molecule has 0 aliphatic heterocycles. The lowest BCUT2D eigenvalue weighted by Gasteiger charge is -2.22. The maximum atomic E-state index is 10.9. The third-order valence-electron chi connectivity index (χ3n) is 2.14. The minimum absolute atomic E-state index is 0.191. The normalized spacial score (nSPS) is 9.83. The average Bonchev–Trinajstić information content (AvgIpc) is 2.26. The fraction of sp³-hybridized carbons (Fsp3) is 0.182. The van der Waals surface area contributed by atoms with Crippen LogP contribution in [0, 0.1) is 0 Å². The fourth-order valence-corrected chi connectivity index (χ4v) is 1.76. The Balaban J connectivity index is 3.07. The Morgan fingerprint density at radius 3 is 2.17 bits per heavy atom. The fourth-order valence-electron chi connectivity index (χ4n) is 1.46. The Morgan fingerprint density at radius 2 is 1.78 bits per heavy atom. The molecule has 0 aliphatic rings. The van der Waals surface area contributed by atoms with Gasteiger partial charge in [-0.2, -0.15) is 0 Å². The van der Waals surface area contributed by atoms with Crippen molar-refractivity contribution in [1.29, 1.82) is 0 Å². The first-order valence-corrected chi connectivity index (χ1v) is 5.38. The number of halogens is 1. The smallest absolute Gasteiger partial charge is 0.236 e. The van der Waals surface area contributed by atoms with Crippen LogP contribution in [-0.4, -0.2) is 31.2 Å². The zero-order valence-corrected chi connectivity index (χ0v) is 10.2. The number of hydrogen-bond acceptors (Lipinski definition) is 4. The van der Waals surface area contributed by atoms with Crippen LogP contribution in [0.25, 0.3) is 0 Å². The molecule has 0 unspecified atom stereocenters. The van der Waals surface area contributed by atoms with Gasteiger partial charge in [0, 0.05) is 5.56 Å². The first-order valence-electron chi connectivity index (χ1n) is 5.00. The zero-order chi connectivity index (χ0) is 13.7. The van der Waals surface area contributed by atoms with E-state index in [1.807, 2.05) is 0 Å². The molecule has 6 nitrogen and oxygen atoms in total. The van der Waals surface area contributed by atoms with Gasteiger partial charge in [0.15, 0.2) is 0 Å². The predicted molar refractivity (Wildman–Crippen MR) is 67.4 cm³/mol. The number of nitrogens with zero attached hydrogens (tertiary/aromatic N) is 1. The van der Waals surface area contributed by atoms with E-state index in [9.17, 15) is 14.4 Å². The molecule has 0 heterocycles. The average molecular weight is 270 g/mol. The number of nitrogens with two attached hydrogens (primary N) is 2. The molecule has 0 atom stereocenters. The number of rotatable bonds is 6. The molecule has 0 fully saturated rings. The highest BCUT2D eigenvalue weighted by Gasteiger charge is 2.15. The van der Waals surface area contributed by atoms with Crippen LogP contribution in [0.4, 0.5) is 5.69 Å². The highest BCUT2D eigenvalue weighted by Crippen LogP contribution is 2.26. The summed E-state index contributed by atoms with van der Waals surface area (Å²) in [6.45, 7) is -0.383. The number of anilines is 1. The largest absolute Gasteiger partial charge is 0.368 e. The number of primary amides is 2. The molecule has 0 aromatic heterocycles. The van der Waals surface area contributed by atoms with Gasteiger partial charge in [0.2, 0.25) is 11.8 Å². The summed E-state index contributed by atoms with van der Waals surface area (Å²) in [5.41, 5.74) is 11.0. The number of aldehydes is 1. The molecule has 0 aliphatic carbocycles. The summed E-state index contributed by atoms with van der Waals surface area (Å²) in [6, 6.07) is 4.47. The first kappa shape index (κ1) is 14.0. The molecule has 1 rings (SSSR count). The molecular formula is C11H12ClN3O3. The molecule has 0 saturated heterocycles. The van der Waals surface area contributed by atoms with Crippen LogP contribution in [-0.2, 0) is 9.59 Å². The Bertz CT molecular complexity index is 474. The monoisotopic (exact) mass is 269 g/mol. The van der Waals surface area contributed by atoms with Gasteiger partial charge in [0.25, 0.3) is 0 Å². The molecule has 2 amide bonds. The summed E-state index contributed by atoms with van der Waals surface area (Å²) >= 11 is 5.97. The minimum Gasteiger partial charge on any atom is -0.368 e. The van der Waals surface area contributed by atoms with E-state index < -0.39 is 11.8 Å². The van der Waals surface area contributed by atoms with Crippen molar-refractivity contribution in [3.63, 3.8) is 0 Å². The van der Waals surface area contributed by atoms with Crippen molar-refractivity contribution in [2.75, 3.05) is 18.0 Å². The summed E-state index contributed by atoms with van der Waals surface area (Å²) in [7, 11) is 0. The molecule has 1 aromatic carbocycles. The van der Waals surface area contributed by atoms with Crippen molar-refractivity contribution >= 4 is 35.4 Å². The van der Waals surface area contributed by atoms with E-state index in [0.717, 1.165) is 0 Å². The van der Waals surface area contributed by atoms with E-state index in [0.29, 0.717) is 17.5 Å². The van der Waals surface area contributed by atoms with Gasteiger partial charge < -0.3 is 16.4 Å². The van der Waals surface area contributed by atoms with Crippen molar-refractivity contribution in [3.05, 3.63) is 28.8 Å². The zero-order valence-electron chi connectivity index (χ0n) is 9.43. The molecule has 0 bridgehead atoms. The Labute approximate surface area is 108 Å². The number of amides is 2. The van der Waals surface area contributed by atoms with Crippen molar-refractivity contribution in [1.82, 2.24) is 0 Å². The van der Waals surface area contributed by atoms with Crippen molar-refractivity contribution < 1.29 is 14.4 Å². The van der Waals surface area contributed by atoms with Gasteiger partial charge >= 0.3 is 0 Å². The summed E-state index contributed by atoms with van der Waals surface area (Å²) in [4.78, 5) is 33.8. The number of hydrogen-bond donors (Lipinski definition) is 2. The Hall–Kier alpha value is -2.08. The number of carbonyl (C=O) groups is 3. The maximum Gasteiger partial charge on any atom is 0.236 e. The van der Waals surface area contributed by atoms with E-state index >= 15 is 0 Å². The highest BCUT2D eigenvalue weighted by molar-refractivity contribution is 6.33. The summed E-state index contributed by atoms with van der Waals surface area (Å²) in [5, 5.41) is 0.238. The first-order chi connectivity index (χ1) is 8.43. The Kier molecular flexibility index (Phi) is 4.67. The molecule has 96 valence electrons. The quantitative estimate of drug-likeness (QED) is 0.705. The van der Waals surface area contributed by atoms with Crippen LogP contribution in [0.2, 0.25) is 5.02 Å². The van der Waals surface area contributed by atoms with Crippen molar-refractivity contribution in [3.8, 4) is 0 Å². The van der Waals surface area contributed by atoms with Crippen LogP contribution in [0.1, 0.15) is 10.4 Å². The summed E-state index contributed by atoms with van der Waals surface area (Å²) < 4.78 is 0. The summed E-state index contributed by atoms with van der Waals surface area (Å²) in [6.07, 6.45) is 0.641. The highest BCUT2D eigenvalue weighted by atomic mass is 35.5. The maximum absolute atomic E-state index is 10.9. The molecule has 7 heteroatoms. The van der Waals surface area contributed by atoms with E-state index in [1.165, 1.54) is 23.1 Å². The van der Waals surface area contributed by atoms with Crippen LogP contribution in [0.3, 0.4) is 0 Å². The van der Waals surface area contributed by atoms with Crippen molar-refractivity contribution in [2.24, 2.45) is 11.5 Å². The SMILES string of the molecule is NC(=O)CN(CC(N)=O)c1ccc(C=O)cc1Cl. The lowest BCUT2D eigenvalue weighted by molar-refractivity contribution is -0.117. The third-order valence-corrected chi connectivity index (χ3v) is 2.44. The van der Waals surface area contributed by atoms with Gasteiger partial charge in [-0.1, -0.05) is 11.6 Å². The second kappa shape index (κ2) is 6.02. The molecular weight excluding hydrogens is 258 g/mol. The topological polar surface area (TPSA) is 106 Å². The lowest BCUT2D eigenvalue weighted by Crippen LogP contribution is -2.39. The number of carbonyl (C=O) groups excluding carboxylic acids is 3. The number of benzene rings is 1. The molecule has 0 saturated carbocycles. The van der Waals surface area contributed by atoms with Gasteiger partial charge in [-0.05, 0) is 18.2 Å². The molecule has 18 heavy (non-hydrogen) atoms. The molecule has 4 N–H and O–H groups in total. The molecule has 0 radical (unpaired) electrons. The molecule has 1 aromatic rings. The second-order valence-corrected chi connectivity index (χ2v) is 4.02. The van der Waals surface area contributed by atoms with E-state index in [4.69, 9.17) is 23.1 Å². The lowest BCUT2D eigenvalue weighted by atomic mass is 10.2. The van der Waals surface area contributed by atoms with Gasteiger partial charge in [0.05, 0.1) is 23.8 Å². The molecule has 0 spiro atoms. The van der Waals surface area contributed by atoms with E-state index in [2.05, 4.69) is 0 Å². The van der Waals surface area contributed by atoms with Gasteiger partial charge in [-0.15, -0.1) is 0 Å². The van der Waals surface area contributed by atoms with Crippen LogP contribution in [0.5, 0.6) is 0 Å². The summed E-state index contributed by atoms with van der Waals surface area (Å²) in [5.74, 6) is -1.24. The standard InChI is InChI=1S/C11H12ClN3O3/c12-8-3-7(6-16)1-2-9(8)15(4-10(13)17)5-11(14)18/h1-3,6H,4-5H2,(H2,13,17)(H2,14,18). The Morgan fingerprint density at radius 1 is 1.22 bits per heavy atom. The van der Waals surface area contributed by atoms with E-state index in [1.54, 1.807) is 0 Å². The third kappa shape index (κ3) is 3.74. The van der Waals surface area contributed by atoms with Crippen LogP contribution in [0.15, 0.2) is 18.2 Å². The van der Waals surface area contributed by atoms with Gasteiger partial charge in [-0.3, -0.25) is 14.4 Å². The van der Waals surface area contributed by atoms with Crippen molar-refractivity contribution in [2.45, 2.75) is 0 Å². The predicted octanol–water partition coefficient (Wildman–Crippen LogP) is -0.0705. The van der Waals surface area contributed by atoms with Crippen LogP contribution < -0.4 is 16.4 Å². The van der Waals surface area contributed by atoms with Gasteiger partial charge in [0.1, 0.15) is 6.29 Å². The van der Waals surface area contributed by atoms with Crippen LogP contribution >= 0.6 is 11.6 Å². The van der Waals surface area contributed by atoms with Gasteiger partial charge in [-0.25, -0.2) is 0 Å². The second-order valence-electron chi connectivity index (χ2n) is 3.62. The van der Waals surface area contributed by atoms with E-state index in [-0.39, 0.29) is 18.1 Å².